The maximum Gasteiger partial charge on any atom is 0.0689 e. The van der Waals surface area contributed by atoms with Crippen LogP contribution in [-0.4, -0.2) is 5.09 Å². The third-order valence-corrected chi connectivity index (χ3v) is 0. The summed E-state index contributed by atoms with van der Waals surface area (Å²) in [5, 5.41) is 14.8. The topological polar surface area (TPSA) is 66.2 Å². The van der Waals surface area contributed by atoms with Crippen molar-refractivity contribution in [3.63, 3.8) is 0 Å². The van der Waals surface area contributed by atoms with Gasteiger partial charge in [-0.15, -0.1) is 0 Å². The molecular formula is CuHgNO3-. The zero-order valence-electron chi connectivity index (χ0n) is 2.68. The smallest absolute Gasteiger partial charge is 0.0689 e. The van der Waals surface area contributed by atoms with Gasteiger partial charge < -0.3 is 15.3 Å². The summed E-state index contributed by atoms with van der Waals surface area (Å²) in [5.41, 5.74) is 0. The predicted octanol–water partition coefficient (Wildman–Crippen LogP) is -0.244. The summed E-state index contributed by atoms with van der Waals surface area (Å²) in [7, 11) is 0. The average molecular weight is 326 g/mol. The number of hydrogen-bond donors (Lipinski definition) is 0. The quantitative estimate of drug-likeness (QED) is 0.350. The molecule has 0 aromatic carbocycles. The first kappa shape index (κ1) is 15.9. The van der Waals surface area contributed by atoms with Crippen molar-refractivity contribution in [2.75, 3.05) is 0 Å². The van der Waals surface area contributed by atoms with Crippen LogP contribution in [0.15, 0.2) is 0 Å². The Bertz CT molecular complexity index is 33.8. The van der Waals surface area contributed by atoms with Crippen LogP contribution in [-0.2, 0) is 44.7 Å². The van der Waals surface area contributed by atoms with Crippen LogP contribution >= 0.6 is 0 Å². The van der Waals surface area contributed by atoms with Crippen molar-refractivity contribution in [3.05, 3.63) is 15.3 Å². The van der Waals surface area contributed by atoms with Gasteiger partial charge in [0.05, 0.1) is 5.09 Å². The molecule has 0 unspecified atom stereocenters. The molecule has 1 radical (unpaired) electrons. The van der Waals surface area contributed by atoms with Crippen LogP contribution in [0.4, 0.5) is 0 Å². The summed E-state index contributed by atoms with van der Waals surface area (Å²) in [5.74, 6) is 0. The van der Waals surface area contributed by atoms with Crippen molar-refractivity contribution < 1.29 is 49.8 Å². The molecule has 6 heavy (non-hydrogen) atoms. The molecule has 0 fully saturated rings. The van der Waals surface area contributed by atoms with E-state index in [0.717, 1.165) is 0 Å². The van der Waals surface area contributed by atoms with Crippen LogP contribution in [0.2, 0.25) is 0 Å². The third kappa shape index (κ3) is 145. The Balaban J connectivity index is -0.0000000450. The van der Waals surface area contributed by atoms with Crippen LogP contribution < -0.4 is 0 Å². The Morgan fingerprint density at radius 3 is 1.33 bits per heavy atom. The minimum absolute atomic E-state index is 0. The van der Waals surface area contributed by atoms with E-state index in [-0.39, 0.29) is 44.7 Å². The van der Waals surface area contributed by atoms with Gasteiger partial charge in [-0.1, -0.05) is 0 Å². The van der Waals surface area contributed by atoms with E-state index < -0.39 is 5.09 Å². The number of hydrogen-bond acceptors (Lipinski definition) is 3. The number of nitrogens with zero attached hydrogens (tertiary/aromatic N) is 1. The molecule has 0 rings (SSSR count). The zero-order chi connectivity index (χ0) is 3.58. The minimum Gasteiger partial charge on any atom is -0.356 e. The van der Waals surface area contributed by atoms with E-state index in [2.05, 4.69) is 0 Å². The first-order valence-corrected chi connectivity index (χ1v) is 0.548. The molecule has 0 bridgehead atoms. The molecule has 0 saturated carbocycles. The van der Waals surface area contributed by atoms with Gasteiger partial charge in [-0.25, -0.2) is 0 Å². The van der Waals surface area contributed by atoms with Crippen molar-refractivity contribution in [3.8, 4) is 0 Å². The van der Waals surface area contributed by atoms with E-state index in [1.54, 1.807) is 0 Å². The number of rotatable bonds is 0. The van der Waals surface area contributed by atoms with Crippen LogP contribution in [0.1, 0.15) is 0 Å². The molecule has 0 aliphatic carbocycles. The normalized spacial score (nSPS) is 4.00. The monoisotopic (exact) mass is 327 g/mol. The van der Waals surface area contributed by atoms with Crippen molar-refractivity contribution in [2.45, 2.75) is 0 Å². The van der Waals surface area contributed by atoms with Gasteiger partial charge in [0, 0.05) is 44.7 Å². The molecule has 0 heterocycles. The fourth-order valence-corrected chi connectivity index (χ4v) is 0. The van der Waals surface area contributed by atoms with Crippen LogP contribution in [0.3, 0.4) is 0 Å². The summed E-state index contributed by atoms with van der Waals surface area (Å²) < 4.78 is 0. The second-order valence-electron chi connectivity index (χ2n) is 0.224. The van der Waals surface area contributed by atoms with Gasteiger partial charge >= 0.3 is 0 Å². The standard InChI is InChI=1S/Cu.Hg.NO3/c;;2-1(3)4/q;;-1. The molecule has 37 valence electrons. The second-order valence-corrected chi connectivity index (χ2v) is 0.224. The maximum absolute atomic E-state index is 8.25. The molecule has 0 aromatic heterocycles. The average Bonchev–Trinajstić information content (AvgIpc) is 0.811. The molecule has 0 aromatic rings. The first-order valence-electron chi connectivity index (χ1n) is 0.548. The molecule has 0 saturated heterocycles. The minimum atomic E-state index is -1.75. The van der Waals surface area contributed by atoms with E-state index in [9.17, 15) is 0 Å². The Hall–Kier alpha value is 0.655. The molecule has 0 N–H and O–H groups in total. The summed E-state index contributed by atoms with van der Waals surface area (Å²) in [6.07, 6.45) is 0. The van der Waals surface area contributed by atoms with Crippen LogP contribution in [0.5, 0.6) is 0 Å². The molecule has 6 heteroatoms. The van der Waals surface area contributed by atoms with E-state index in [1.807, 2.05) is 0 Å². The molecule has 4 nitrogen and oxygen atoms in total. The maximum atomic E-state index is 8.25. The summed E-state index contributed by atoms with van der Waals surface area (Å²) in [6.45, 7) is 0. The largest absolute Gasteiger partial charge is 0.356 e. The van der Waals surface area contributed by atoms with Crippen LogP contribution in [0.25, 0.3) is 0 Å². The Kier molecular flexibility index (Phi) is 24.4. The molecule has 0 aliphatic heterocycles. The molecular weight excluding hydrogens is 326 g/mol. The fourth-order valence-electron chi connectivity index (χ4n) is 0. The van der Waals surface area contributed by atoms with Gasteiger partial charge in [0.25, 0.3) is 0 Å². The van der Waals surface area contributed by atoms with Gasteiger partial charge in [-0.3, -0.25) is 0 Å². The Labute approximate surface area is 65.0 Å². The van der Waals surface area contributed by atoms with Crippen molar-refractivity contribution in [1.29, 1.82) is 0 Å². The fraction of sp³-hybridized carbons (Fsp3) is 0. The third-order valence-electron chi connectivity index (χ3n) is 0. The van der Waals surface area contributed by atoms with Crippen molar-refractivity contribution in [1.82, 2.24) is 0 Å². The first-order chi connectivity index (χ1) is 1.73. The molecule has 0 amide bonds. The van der Waals surface area contributed by atoms with Gasteiger partial charge in [0.1, 0.15) is 0 Å². The summed E-state index contributed by atoms with van der Waals surface area (Å²) in [6, 6.07) is 0. The van der Waals surface area contributed by atoms with Crippen molar-refractivity contribution >= 4 is 0 Å². The summed E-state index contributed by atoms with van der Waals surface area (Å²) >= 11 is 0. The second kappa shape index (κ2) is 9.17. The molecule has 0 atom stereocenters. The Morgan fingerprint density at radius 2 is 1.33 bits per heavy atom. The van der Waals surface area contributed by atoms with Gasteiger partial charge in [-0.2, -0.15) is 0 Å². The SMILES string of the molecule is O=[N+]([O-])[O-].[Cu].[Hg]. The van der Waals surface area contributed by atoms with E-state index in [1.165, 1.54) is 0 Å². The van der Waals surface area contributed by atoms with E-state index in [0.29, 0.717) is 0 Å². The predicted molar refractivity (Wildman–Crippen MR) is 10.4 cm³/mol. The van der Waals surface area contributed by atoms with Gasteiger partial charge in [0.15, 0.2) is 0 Å². The van der Waals surface area contributed by atoms with E-state index in [4.69, 9.17) is 15.3 Å². The zero-order valence-corrected chi connectivity index (χ0v) is 9.12. The van der Waals surface area contributed by atoms with Gasteiger partial charge in [0.2, 0.25) is 0 Å². The molecule has 0 aliphatic rings. The van der Waals surface area contributed by atoms with Crippen LogP contribution in [0, 0.1) is 15.3 Å². The van der Waals surface area contributed by atoms with Gasteiger partial charge in [-0.05, 0) is 0 Å². The summed E-state index contributed by atoms with van der Waals surface area (Å²) in [4.78, 5) is 8.25. The Morgan fingerprint density at radius 1 is 1.33 bits per heavy atom. The molecule has 0 spiro atoms. The van der Waals surface area contributed by atoms with E-state index >= 15 is 0 Å². The van der Waals surface area contributed by atoms with Crippen molar-refractivity contribution in [2.24, 2.45) is 0 Å².